The number of benzene rings is 3. The van der Waals surface area contributed by atoms with E-state index >= 15 is 0 Å². The van der Waals surface area contributed by atoms with E-state index in [4.69, 9.17) is 0 Å². The number of para-hydroxylation sites is 2. The molecule has 0 amide bonds. The van der Waals surface area contributed by atoms with E-state index in [0.29, 0.717) is 0 Å². The zero-order valence-corrected chi connectivity index (χ0v) is 16.0. The van der Waals surface area contributed by atoms with E-state index in [1.54, 1.807) is 0 Å². The molecule has 1 aliphatic heterocycles. The first kappa shape index (κ1) is 16.7. The van der Waals surface area contributed by atoms with E-state index in [2.05, 4.69) is 116 Å². The molecule has 0 spiro atoms. The van der Waals surface area contributed by atoms with Crippen molar-refractivity contribution in [2.45, 2.75) is 39.3 Å². The molecule has 132 valence electrons. The number of hydrogen-bond acceptors (Lipinski definition) is 2. The van der Waals surface area contributed by atoms with Gasteiger partial charge in [0.05, 0.1) is 11.4 Å². The smallest absolute Gasteiger partial charge is 0.108 e. The van der Waals surface area contributed by atoms with Crippen molar-refractivity contribution in [3.05, 3.63) is 84.4 Å². The van der Waals surface area contributed by atoms with Crippen molar-refractivity contribution in [3.63, 3.8) is 0 Å². The van der Waals surface area contributed by atoms with Gasteiger partial charge in [-0.15, -0.1) is 0 Å². The molecule has 4 rings (SSSR count). The molecule has 0 N–H and O–H groups in total. The molecule has 26 heavy (non-hydrogen) atoms. The molecule has 3 aromatic carbocycles. The van der Waals surface area contributed by atoms with Gasteiger partial charge in [0.15, 0.2) is 0 Å². The summed E-state index contributed by atoms with van der Waals surface area (Å²) in [6.45, 7) is 9.09. The van der Waals surface area contributed by atoms with Crippen LogP contribution < -0.4 is 9.80 Å². The molecule has 1 atom stereocenters. The first-order valence-electron chi connectivity index (χ1n) is 9.30. The molecule has 1 heterocycles. The van der Waals surface area contributed by atoms with Gasteiger partial charge < -0.3 is 9.80 Å². The number of fused-ring (bicyclic) bond motifs is 1. The van der Waals surface area contributed by atoms with Gasteiger partial charge in [0.25, 0.3) is 0 Å². The molecule has 0 aromatic heterocycles. The lowest BCUT2D eigenvalue weighted by molar-refractivity contribution is 0.590. The molecule has 0 radical (unpaired) electrons. The van der Waals surface area contributed by atoms with E-state index in [1.165, 1.54) is 28.3 Å². The second kappa shape index (κ2) is 6.21. The molecule has 0 aliphatic carbocycles. The van der Waals surface area contributed by atoms with Crippen LogP contribution in [0.3, 0.4) is 0 Å². The van der Waals surface area contributed by atoms with Crippen LogP contribution in [0.4, 0.5) is 22.7 Å². The van der Waals surface area contributed by atoms with Crippen LogP contribution in [0.1, 0.15) is 33.3 Å². The average Bonchev–Trinajstić information content (AvgIpc) is 2.93. The van der Waals surface area contributed by atoms with Crippen molar-refractivity contribution in [3.8, 4) is 0 Å². The molecule has 2 nitrogen and oxygen atoms in total. The molecule has 1 aliphatic rings. The maximum absolute atomic E-state index is 2.44. The Morgan fingerprint density at radius 1 is 0.654 bits per heavy atom. The normalized spacial score (nSPS) is 16.7. The van der Waals surface area contributed by atoms with Gasteiger partial charge in [-0.05, 0) is 54.3 Å². The monoisotopic (exact) mass is 342 g/mol. The molecular weight excluding hydrogens is 316 g/mol. The van der Waals surface area contributed by atoms with Crippen LogP contribution in [0.25, 0.3) is 0 Å². The second-order valence-electron chi connectivity index (χ2n) is 8.00. The van der Waals surface area contributed by atoms with Gasteiger partial charge in [0, 0.05) is 11.4 Å². The summed E-state index contributed by atoms with van der Waals surface area (Å²) in [6, 6.07) is 28.3. The summed E-state index contributed by atoms with van der Waals surface area (Å²) in [5.41, 5.74) is 6.48. The van der Waals surface area contributed by atoms with Crippen LogP contribution in [-0.4, -0.2) is 6.17 Å². The maximum Gasteiger partial charge on any atom is 0.108 e. The zero-order chi connectivity index (χ0) is 18.3. The highest BCUT2D eigenvalue weighted by Gasteiger charge is 2.35. The van der Waals surface area contributed by atoms with Gasteiger partial charge in [-0.1, -0.05) is 63.2 Å². The van der Waals surface area contributed by atoms with Crippen molar-refractivity contribution in [2.24, 2.45) is 0 Å². The molecule has 0 fully saturated rings. The summed E-state index contributed by atoms with van der Waals surface area (Å²) in [7, 11) is 0. The average molecular weight is 342 g/mol. The largest absolute Gasteiger partial charge is 0.319 e. The van der Waals surface area contributed by atoms with Gasteiger partial charge in [0.2, 0.25) is 0 Å². The number of hydrogen-bond donors (Lipinski definition) is 0. The summed E-state index contributed by atoms with van der Waals surface area (Å²) in [6.07, 6.45) is 0.213. The molecular formula is C24H26N2. The van der Waals surface area contributed by atoms with Crippen LogP contribution >= 0.6 is 0 Å². The standard InChI is InChI=1S/C24H26N2/c1-18-25(20-11-7-5-8-12-20)22-16-15-19(24(2,3)4)17-23(22)26(18)21-13-9-6-10-14-21/h5-18H,1-4H3. The molecule has 1 unspecified atom stereocenters. The highest BCUT2D eigenvalue weighted by Crippen LogP contribution is 2.48. The summed E-state index contributed by atoms with van der Waals surface area (Å²) in [4.78, 5) is 4.87. The highest BCUT2D eigenvalue weighted by molar-refractivity contribution is 5.88. The van der Waals surface area contributed by atoms with Gasteiger partial charge in [-0.25, -0.2) is 0 Å². The molecule has 2 heteroatoms. The van der Waals surface area contributed by atoms with Crippen molar-refractivity contribution >= 4 is 22.7 Å². The fourth-order valence-electron chi connectivity index (χ4n) is 3.79. The van der Waals surface area contributed by atoms with E-state index in [9.17, 15) is 0 Å². The van der Waals surface area contributed by atoms with Gasteiger partial charge >= 0.3 is 0 Å². The summed E-state index contributed by atoms with van der Waals surface area (Å²) < 4.78 is 0. The van der Waals surface area contributed by atoms with Crippen LogP contribution in [0.15, 0.2) is 78.9 Å². The van der Waals surface area contributed by atoms with Gasteiger partial charge in [-0.3, -0.25) is 0 Å². The van der Waals surface area contributed by atoms with E-state index < -0.39 is 0 Å². The van der Waals surface area contributed by atoms with Crippen LogP contribution in [0.2, 0.25) is 0 Å². The quantitative estimate of drug-likeness (QED) is 0.516. The Morgan fingerprint density at radius 3 is 1.65 bits per heavy atom. The Hall–Kier alpha value is -2.74. The van der Waals surface area contributed by atoms with Crippen LogP contribution in [-0.2, 0) is 5.41 Å². The third-order valence-corrected chi connectivity index (χ3v) is 5.18. The number of anilines is 4. The zero-order valence-electron chi connectivity index (χ0n) is 16.0. The van der Waals surface area contributed by atoms with Gasteiger partial charge in [0.1, 0.15) is 6.17 Å². The number of nitrogens with zero attached hydrogens (tertiary/aromatic N) is 2. The van der Waals surface area contributed by atoms with Crippen LogP contribution in [0.5, 0.6) is 0 Å². The van der Waals surface area contributed by atoms with E-state index in [0.717, 1.165) is 0 Å². The molecule has 0 bridgehead atoms. The van der Waals surface area contributed by atoms with E-state index in [-0.39, 0.29) is 11.6 Å². The van der Waals surface area contributed by atoms with Crippen LogP contribution in [0, 0.1) is 0 Å². The molecule has 3 aromatic rings. The minimum absolute atomic E-state index is 0.126. The Bertz CT molecular complexity index is 894. The first-order valence-corrected chi connectivity index (χ1v) is 9.30. The fraction of sp³-hybridized carbons (Fsp3) is 0.250. The lowest BCUT2D eigenvalue weighted by Gasteiger charge is -2.30. The van der Waals surface area contributed by atoms with Gasteiger partial charge in [-0.2, -0.15) is 0 Å². The predicted octanol–water partition coefficient (Wildman–Crippen LogP) is 6.62. The maximum atomic E-state index is 2.44. The van der Waals surface area contributed by atoms with Crippen molar-refractivity contribution in [1.82, 2.24) is 0 Å². The Kier molecular flexibility index (Phi) is 3.99. The predicted molar refractivity (Wildman–Crippen MR) is 112 cm³/mol. The SMILES string of the molecule is CC1N(c2ccccc2)c2ccc(C(C)(C)C)cc2N1c1ccccc1. The fourth-order valence-corrected chi connectivity index (χ4v) is 3.79. The van der Waals surface area contributed by atoms with Crippen molar-refractivity contribution < 1.29 is 0 Å². The minimum atomic E-state index is 0.126. The Labute approximate surface area is 156 Å². The van der Waals surface area contributed by atoms with E-state index in [1.807, 2.05) is 0 Å². The molecule has 0 saturated carbocycles. The van der Waals surface area contributed by atoms with Crippen molar-refractivity contribution in [2.75, 3.05) is 9.80 Å². The first-order chi connectivity index (χ1) is 12.5. The summed E-state index contributed by atoms with van der Waals surface area (Å²) in [5.74, 6) is 0. The lowest BCUT2D eigenvalue weighted by atomic mass is 9.86. The number of rotatable bonds is 2. The minimum Gasteiger partial charge on any atom is -0.319 e. The summed E-state index contributed by atoms with van der Waals surface area (Å²) >= 11 is 0. The third kappa shape index (κ3) is 2.76. The summed E-state index contributed by atoms with van der Waals surface area (Å²) in [5, 5.41) is 0. The lowest BCUT2D eigenvalue weighted by Crippen LogP contribution is -2.35. The Morgan fingerprint density at radius 2 is 1.15 bits per heavy atom. The third-order valence-electron chi connectivity index (χ3n) is 5.18. The van der Waals surface area contributed by atoms with Crippen molar-refractivity contribution in [1.29, 1.82) is 0 Å². The second-order valence-corrected chi connectivity index (χ2v) is 8.00. The topological polar surface area (TPSA) is 6.48 Å². The highest BCUT2D eigenvalue weighted by atomic mass is 15.4. The Balaban J connectivity index is 1.90. The molecule has 0 saturated heterocycles.